The van der Waals surface area contributed by atoms with Crippen LogP contribution in [0.2, 0.25) is 6.32 Å². The summed E-state index contributed by atoms with van der Waals surface area (Å²) in [5.74, 6) is -0.172. The average molecular weight is 379 g/mol. The Bertz CT molecular complexity index is 860. The number of carbonyl (C=O) groups is 1. The van der Waals surface area contributed by atoms with Crippen LogP contribution in [0, 0.1) is 12.7 Å². The number of piperidine rings is 1. The summed E-state index contributed by atoms with van der Waals surface area (Å²) >= 11 is 0. The topological polar surface area (TPSA) is 70.2 Å². The Balaban J connectivity index is 1.68. The van der Waals surface area contributed by atoms with Gasteiger partial charge in [0.15, 0.2) is 11.6 Å². The molecule has 2 aromatic rings. The van der Waals surface area contributed by atoms with Gasteiger partial charge in [0.2, 0.25) is 11.9 Å². The summed E-state index contributed by atoms with van der Waals surface area (Å²) in [6.45, 7) is 3.15. The summed E-state index contributed by atoms with van der Waals surface area (Å²) in [7, 11) is 5.40. The fourth-order valence-corrected chi connectivity index (χ4v) is 3.14. The maximum atomic E-state index is 14.2. The van der Waals surface area contributed by atoms with Gasteiger partial charge in [-0.25, -0.2) is 9.37 Å². The molecule has 2 heterocycles. The van der Waals surface area contributed by atoms with Crippen LogP contribution in [0.25, 0.3) is 0 Å². The van der Waals surface area contributed by atoms with Gasteiger partial charge in [0.1, 0.15) is 0 Å². The van der Waals surface area contributed by atoms with Gasteiger partial charge >= 0.3 is 0 Å². The van der Waals surface area contributed by atoms with E-state index in [9.17, 15) is 9.18 Å². The van der Waals surface area contributed by atoms with Crippen LogP contribution in [-0.4, -0.2) is 47.8 Å². The fourth-order valence-electron chi connectivity index (χ4n) is 3.14. The summed E-state index contributed by atoms with van der Waals surface area (Å²) in [6.07, 6.45) is 6.24. The van der Waals surface area contributed by atoms with Crippen LogP contribution >= 0.6 is 0 Å². The Kier molecular flexibility index (Phi) is 6.63. The Morgan fingerprint density at radius 1 is 1.46 bits per heavy atom. The van der Waals surface area contributed by atoms with E-state index < -0.39 is 5.82 Å². The number of rotatable bonds is 6. The highest BCUT2D eigenvalue weighted by Crippen LogP contribution is 2.20. The van der Waals surface area contributed by atoms with E-state index in [1.165, 1.54) is 6.08 Å². The van der Waals surface area contributed by atoms with Gasteiger partial charge in [-0.3, -0.25) is 4.79 Å². The number of benzene rings is 1. The van der Waals surface area contributed by atoms with E-state index in [1.807, 2.05) is 31.2 Å². The lowest BCUT2D eigenvalue weighted by molar-refractivity contribution is -0.127. The zero-order chi connectivity index (χ0) is 19.9. The molecule has 1 aliphatic rings. The molecule has 0 unspecified atom stereocenters. The monoisotopic (exact) mass is 379 g/mol. The van der Waals surface area contributed by atoms with Crippen molar-refractivity contribution in [1.29, 1.82) is 0 Å². The predicted octanol–water partition coefficient (Wildman–Crippen LogP) is 3.21. The molecule has 1 saturated heterocycles. The highest BCUT2D eigenvalue weighted by molar-refractivity contribution is 6.10. The Morgan fingerprint density at radius 3 is 3.11 bits per heavy atom. The van der Waals surface area contributed by atoms with Crippen LogP contribution in [0.1, 0.15) is 18.4 Å². The molecule has 3 rings (SSSR count). The SMILES string of the molecule is [B]C/C=C/C(=O)N1CCC[C@@H](Nc2nc(Nc3cccc(C)c3)ncc2F)C1. The number of anilines is 3. The van der Waals surface area contributed by atoms with Crippen LogP contribution in [0.3, 0.4) is 0 Å². The van der Waals surface area contributed by atoms with E-state index in [0.29, 0.717) is 25.4 Å². The van der Waals surface area contributed by atoms with E-state index in [-0.39, 0.29) is 17.8 Å². The zero-order valence-corrected chi connectivity index (χ0v) is 15.9. The molecule has 0 bridgehead atoms. The average Bonchev–Trinajstić information content (AvgIpc) is 2.69. The second-order valence-electron chi connectivity index (χ2n) is 6.79. The Hall–Kier alpha value is -2.90. The van der Waals surface area contributed by atoms with Crippen molar-refractivity contribution < 1.29 is 9.18 Å². The largest absolute Gasteiger partial charge is 0.363 e. The first-order valence-corrected chi connectivity index (χ1v) is 9.33. The maximum absolute atomic E-state index is 14.2. The quantitative estimate of drug-likeness (QED) is 0.596. The van der Waals surface area contributed by atoms with Crippen LogP contribution in [0.4, 0.5) is 21.8 Å². The van der Waals surface area contributed by atoms with Crippen molar-refractivity contribution in [1.82, 2.24) is 14.9 Å². The molecule has 1 aliphatic heterocycles. The van der Waals surface area contributed by atoms with Crippen molar-refractivity contribution in [2.24, 2.45) is 0 Å². The smallest absolute Gasteiger partial charge is 0.246 e. The lowest BCUT2D eigenvalue weighted by atomic mass is 10.0. The van der Waals surface area contributed by atoms with Crippen molar-refractivity contribution in [3.05, 3.63) is 54.0 Å². The summed E-state index contributed by atoms with van der Waals surface area (Å²) < 4.78 is 14.2. The first-order chi connectivity index (χ1) is 13.5. The normalized spacial score (nSPS) is 16.9. The molecule has 144 valence electrons. The third-order valence-electron chi connectivity index (χ3n) is 4.49. The third kappa shape index (κ3) is 5.31. The lowest BCUT2D eigenvalue weighted by Gasteiger charge is -2.32. The van der Waals surface area contributed by atoms with Crippen molar-refractivity contribution in [2.45, 2.75) is 32.1 Å². The van der Waals surface area contributed by atoms with E-state index in [1.54, 1.807) is 11.0 Å². The molecular weight excluding hydrogens is 356 g/mol. The number of likely N-dealkylation sites (tertiary alicyclic amines) is 1. The molecule has 1 aromatic carbocycles. The van der Waals surface area contributed by atoms with Gasteiger partial charge in [-0.1, -0.05) is 24.5 Å². The molecule has 28 heavy (non-hydrogen) atoms. The number of nitrogens with one attached hydrogen (secondary N) is 2. The number of amides is 1. The fraction of sp³-hybridized carbons (Fsp3) is 0.350. The van der Waals surface area contributed by atoms with E-state index in [0.717, 1.165) is 30.3 Å². The second kappa shape index (κ2) is 9.35. The highest BCUT2D eigenvalue weighted by atomic mass is 19.1. The van der Waals surface area contributed by atoms with Crippen molar-refractivity contribution in [2.75, 3.05) is 23.7 Å². The summed E-state index contributed by atoms with van der Waals surface area (Å²) in [5.41, 5.74) is 1.93. The van der Waals surface area contributed by atoms with Gasteiger partial charge in [-0.2, -0.15) is 4.98 Å². The van der Waals surface area contributed by atoms with Crippen LogP contribution < -0.4 is 10.6 Å². The molecule has 6 nitrogen and oxygen atoms in total. The molecule has 2 N–H and O–H groups in total. The molecule has 8 heteroatoms. The van der Waals surface area contributed by atoms with Crippen molar-refractivity contribution >= 4 is 31.2 Å². The number of aryl methyl sites for hydroxylation is 1. The van der Waals surface area contributed by atoms with Crippen molar-refractivity contribution in [3.63, 3.8) is 0 Å². The van der Waals surface area contributed by atoms with Crippen LogP contribution in [0.5, 0.6) is 0 Å². The van der Waals surface area contributed by atoms with E-state index >= 15 is 0 Å². The number of hydrogen-bond acceptors (Lipinski definition) is 5. The molecule has 0 saturated carbocycles. The number of aromatic nitrogens is 2. The second-order valence-corrected chi connectivity index (χ2v) is 6.79. The first-order valence-electron chi connectivity index (χ1n) is 9.33. The standard InChI is InChI=1S/C20H23BFN5O/c1-14-5-2-6-15(11-14)25-20-23-12-17(22)19(26-20)24-16-7-4-10-27(13-16)18(28)8-3-9-21/h2-3,5-6,8,11-12,16H,4,7,9-10,13H2,1H3,(H2,23,24,25,26)/b8-3+/t16-/m1/s1. The van der Waals surface area contributed by atoms with E-state index in [2.05, 4.69) is 20.6 Å². The van der Waals surface area contributed by atoms with E-state index in [4.69, 9.17) is 7.85 Å². The minimum atomic E-state index is -0.527. The minimum absolute atomic E-state index is 0.0816. The lowest BCUT2D eigenvalue weighted by Crippen LogP contribution is -2.44. The number of nitrogens with zero attached hydrogens (tertiary/aromatic N) is 3. The molecule has 1 aromatic heterocycles. The summed E-state index contributed by atoms with van der Waals surface area (Å²) in [6, 6.07) is 7.68. The van der Waals surface area contributed by atoms with Crippen LogP contribution in [-0.2, 0) is 4.79 Å². The third-order valence-corrected chi connectivity index (χ3v) is 4.49. The van der Waals surface area contributed by atoms with Gasteiger partial charge in [-0.05, 0) is 43.5 Å². The Labute approximate surface area is 165 Å². The molecule has 1 atom stereocenters. The first kappa shape index (κ1) is 19.9. The molecule has 1 fully saturated rings. The van der Waals surface area contributed by atoms with Gasteiger partial charge in [-0.15, -0.1) is 0 Å². The highest BCUT2D eigenvalue weighted by Gasteiger charge is 2.23. The summed E-state index contributed by atoms with van der Waals surface area (Å²) in [5, 5.41) is 6.20. The molecule has 1 amide bonds. The van der Waals surface area contributed by atoms with Gasteiger partial charge < -0.3 is 15.5 Å². The number of carbonyl (C=O) groups excluding carboxylic acids is 1. The predicted molar refractivity (Wildman–Crippen MR) is 109 cm³/mol. The van der Waals surface area contributed by atoms with Gasteiger partial charge in [0, 0.05) is 24.8 Å². The molecule has 0 aliphatic carbocycles. The zero-order valence-electron chi connectivity index (χ0n) is 15.9. The van der Waals surface area contributed by atoms with Crippen molar-refractivity contribution in [3.8, 4) is 0 Å². The molecular formula is C20H23BFN5O. The number of hydrogen-bond donors (Lipinski definition) is 2. The Morgan fingerprint density at radius 2 is 2.32 bits per heavy atom. The molecule has 0 spiro atoms. The minimum Gasteiger partial charge on any atom is -0.363 e. The summed E-state index contributed by atoms with van der Waals surface area (Å²) in [4.78, 5) is 22.2. The van der Waals surface area contributed by atoms with Gasteiger partial charge in [0.25, 0.3) is 0 Å². The maximum Gasteiger partial charge on any atom is 0.246 e. The number of halogens is 1. The van der Waals surface area contributed by atoms with Gasteiger partial charge in [0.05, 0.1) is 14.0 Å². The number of allylic oxidation sites excluding steroid dienone is 1. The van der Waals surface area contributed by atoms with Crippen LogP contribution in [0.15, 0.2) is 42.6 Å². The molecule has 2 radical (unpaired) electrons.